The van der Waals surface area contributed by atoms with Crippen LogP contribution in [0.2, 0.25) is 10.0 Å². The highest BCUT2D eigenvalue weighted by atomic mass is 35.5. The molecule has 2 aromatic carbocycles. The summed E-state index contributed by atoms with van der Waals surface area (Å²) < 4.78 is 11.0. The fraction of sp³-hybridized carbons (Fsp3) is 0.158. The van der Waals surface area contributed by atoms with E-state index in [9.17, 15) is 9.59 Å². The number of carboxylic acids is 1. The highest BCUT2D eigenvalue weighted by molar-refractivity contribution is 6.35. The number of aliphatic carboxylic acids is 1. The molecule has 0 saturated carbocycles. The van der Waals surface area contributed by atoms with Gasteiger partial charge in [0.15, 0.2) is 0 Å². The highest BCUT2D eigenvalue weighted by Crippen LogP contribution is 2.28. The third-order valence-corrected chi connectivity index (χ3v) is 4.74. The zero-order chi connectivity index (χ0) is 18.8. The van der Waals surface area contributed by atoms with Gasteiger partial charge >= 0.3 is 11.6 Å². The van der Waals surface area contributed by atoms with Crippen LogP contribution < -0.4 is 10.4 Å². The fourth-order valence-electron chi connectivity index (χ4n) is 2.65. The second-order valence-electron chi connectivity index (χ2n) is 5.71. The maximum Gasteiger partial charge on any atom is 0.340 e. The number of carboxylic acid groups (broad SMARTS) is 1. The number of ether oxygens (including phenoxy) is 1. The first-order chi connectivity index (χ1) is 12.4. The van der Waals surface area contributed by atoms with E-state index in [2.05, 4.69) is 0 Å². The zero-order valence-electron chi connectivity index (χ0n) is 13.7. The SMILES string of the molecule is Cc1c(CC(=O)O)c(=O)oc2cc(OCc3c(Cl)cccc3Cl)ccc12. The molecule has 3 rings (SSSR count). The van der Waals surface area contributed by atoms with Crippen molar-refractivity contribution in [3.05, 3.63) is 73.6 Å². The summed E-state index contributed by atoms with van der Waals surface area (Å²) in [5, 5.41) is 10.6. The second kappa shape index (κ2) is 7.40. The van der Waals surface area contributed by atoms with E-state index in [0.29, 0.717) is 37.9 Å². The third kappa shape index (κ3) is 3.69. The van der Waals surface area contributed by atoms with Crippen molar-refractivity contribution in [3.8, 4) is 5.75 Å². The van der Waals surface area contributed by atoms with Crippen LogP contribution >= 0.6 is 23.2 Å². The van der Waals surface area contributed by atoms with Crippen molar-refractivity contribution in [2.45, 2.75) is 20.0 Å². The first-order valence-corrected chi connectivity index (χ1v) is 8.46. The van der Waals surface area contributed by atoms with Crippen LogP contribution in [0.4, 0.5) is 0 Å². The van der Waals surface area contributed by atoms with Crippen molar-refractivity contribution in [2.24, 2.45) is 0 Å². The van der Waals surface area contributed by atoms with Crippen molar-refractivity contribution in [1.82, 2.24) is 0 Å². The van der Waals surface area contributed by atoms with Crippen LogP contribution in [0.5, 0.6) is 5.75 Å². The van der Waals surface area contributed by atoms with Crippen LogP contribution in [0.3, 0.4) is 0 Å². The quantitative estimate of drug-likeness (QED) is 0.641. The lowest BCUT2D eigenvalue weighted by Crippen LogP contribution is -2.14. The molecule has 0 spiro atoms. The molecule has 3 aromatic rings. The van der Waals surface area contributed by atoms with Gasteiger partial charge in [-0.2, -0.15) is 0 Å². The molecule has 0 unspecified atom stereocenters. The van der Waals surface area contributed by atoms with Crippen molar-refractivity contribution in [1.29, 1.82) is 0 Å². The van der Waals surface area contributed by atoms with E-state index >= 15 is 0 Å². The van der Waals surface area contributed by atoms with Gasteiger partial charge in [0, 0.05) is 27.1 Å². The summed E-state index contributed by atoms with van der Waals surface area (Å²) in [6.07, 6.45) is -0.382. The summed E-state index contributed by atoms with van der Waals surface area (Å²) >= 11 is 12.2. The molecule has 0 aliphatic rings. The van der Waals surface area contributed by atoms with Gasteiger partial charge in [-0.3, -0.25) is 4.79 Å². The van der Waals surface area contributed by atoms with Crippen molar-refractivity contribution < 1.29 is 19.1 Å². The molecular weight excluding hydrogens is 379 g/mol. The lowest BCUT2D eigenvalue weighted by Gasteiger charge is -2.11. The lowest BCUT2D eigenvalue weighted by atomic mass is 10.0. The molecule has 0 fully saturated rings. The zero-order valence-corrected chi connectivity index (χ0v) is 15.2. The van der Waals surface area contributed by atoms with Gasteiger partial charge in [-0.1, -0.05) is 29.3 Å². The van der Waals surface area contributed by atoms with Crippen molar-refractivity contribution in [3.63, 3.8) is 0 Å². The Hall–Kier alpha value is -2.50. The monoisotopic (exact) mass is 392 g/mol. The maximum atomic E-state index is 12.1. The average Bonchev–Trinajstić information content (AvgIpc) is 2.58. The van der Waals surface area contributed by atoms with Gasteiger partial charge in [-0.05, 0) is 36.8 Å². The molecule has 1 aromatic heterocycles. The molecule has 1 heterocycles. The standard InChI is InChI=1S/C19H14Cl2O5/c1-10-12-6-5-11(25-9-14-15(20)3-2-4-16(14)21)7-17(12)26-19(24)13(10)8-18(22)23/h2-7H,8-9H2,1H3,(H,22,23). The van der Waals surface area contributed by atoms with Crippen LogP contribution in [-0.2, 0) is 17.8 Å². The lowest BCUT2D eigenvalue weighted by molar-refractivity contribution is -0.136. The molecule has 0 aliphatic carbocycles. The summed E-state index contributed by atoms with van der Waals surface area (Å²) in [4.78, 5) is 23.0. The maximum absolute atomic E-state index is 12.1. The summed E-state index contributed by atoms with van der Waals surface area (Å²) in [6.45, 7) is 1.85. The molecule has 0 amide bonds. The molecule has 0 saturated heterocycles. The molecule has 7 heteroatoms. The molecule has 0 bridgehead atoms. The van der Waals surface area contributed by atoms with Gasteiger partial charge in [0.25, 0.3) is 0 Å². The van der Waals surface area contributed by atoms with Crippen LogP contribution in [0, 0.1) is 6.92 Å². The minimum atomic E-state index is -1.09. The van der Waals surface area contributed by atoms with Gasteiger partial charge in [-0.15, -0.1) is 0 Å². The van der Waals surface area contributed by atoms with Gasteiger partial charge in [0.1, 0.15) is 17.9 Å². The van der Waals surface area contributed by atoms with Crippen molar-refractivity contribution >= 4 is 40.1 Å². The van der Waals surface area contributed by atoms with Gasteiger partial charge in [0.2, 0.25) is 0 Å². The Bertz CT molecular complexity index is 1040. The minimum absolute atomic E-state index is 0.140. The van der Waals surface area contributed by atoms with Gasteiger partial charge in [-0.25, -0.2) is 4.79 Å². The largest absolute Gasteiger partial charge is 0.489 e. The Morgan fingerprint density at radius 3 is 2.50 bits per heavy atom. The number of halogens is 2. The van der Waals surface area contributed by atoms with Gasteiger partial charge < -0.3 is 14.3 Å². The normalized spacial score (nSPS) is 10.9. The topological polar surface area (TPSA) is 76.7 Å². The fourth-order valence-corrected chi connectivity index (χ4v) is 3.15. The Balaban J connectivity index is 1.92. The summed E-state index contributed by atoms with van der Waals surface area (Å²) in [5.74, 6) is -0.613. The average molecular weight is 393 g/mol. The smallest absolute Gasteiger partial charge is 0.340 e. The third-order valence-electron chi connectivity index (χ3n) is 4.03. The Labute approximate surface area is 158 Å². The molecule has 5 nitrogen and oxygen atoms in total. The van der Waals surface area contributed by atoms with E-state index < -0.39 is 11.6 Å². The number of fused-ring (bicyclic) bond motifs is 1. The predicted octanol–water partition coefficient (Wildman–Crippen LogP) is 4.61. The van der Waals surface area contributed by atoms with Crippen molar-refractivity contribution in [2.75, 3.05) is 0 Å². The number of benzene rings is 2. The number of hydrogen-bond donors (Lipinski definition) is 1. The Morgan fingerprint density at radius 1 is 1.15 bits per heavy atom. The molecule has 0 aliphatic heterocycles. The number of carbonyl (C=O) groups is 1. The summed E-state index contributed by atoms with van der Waals surface area (Å²) in [7, 11) is 0. The van der Waals surface area contributed by atoms with Crippen LogP contribution in [0.1, 0.15) is 16.7 Å². The molecule has 134 valence electrons. The van der Waals surface area contributed by atoms with E-state index in [1.807, 2.05) is 0 Å². The predicted molar refractivity (Wildman–Crippen MR) is 99.4 cm³/mol. The van der Waals surface area contributed by atoms with E-state index in [4.69, 9.17) is 37.5 Å². The summed E-state index contributed by atoms with van der Waals surface area (Å²) in [5.41, 5.74) is 1.04. The van der Waals surface area contributed by atoms with Gasteiger partial charge in [0.05, 0.1) is 12.0 Å². The molecule has 26 heavy (non-hydrogen) atoms. The van der Waals surface area contributed by atoms with Crippen LogP contribution in [0.15, 0.2) is 45.6 Å². The molecule has 0 radical (unpaired) electrons. The molecule has 0 atom stereocenters. The first kappa shape index (κ1) is 18.3. The first-order valence-electron chi connectivity index (χ1n) is 7.70. The Morgan fingerprint density at radius 2 is 1.85 bits per heavy atom. The van der Waals surface area contributed by atoms with Crippen LogP contribution in [-0.4, -0.2) is 11.1 Å². The number of aryl methyl sites for hydroxylation is 1. The van der Waals surface area contributed by atoms with E-state index in [-0.39, 0.29) is 18.6 Å². The number of hydrogen-bond acceptors (Lipinski definition) is 4. The highest BCUT2D eigenvalue weighted by Gasteiger charge is 2.15. The minimum Gasteiger partial charge on any atom is -0.489 e. The number of rotatable bonds is 5. The van der Waals surface area contributed by atoms with Crippen LogP contribution in [0.25, 0.3) is 11.0 Å². The molecular formula is C19H14Cl2O5. The van der Waals surface area contributed by atoms with E-state index in [1.165, 1.54) is 0 Å². The van der Waals surface area contributed by atoms with E-state index in [0.717, 1.165) is 0 Å². The second-order valence-corrected chi connectivity index (χ2v) is 6.52. The Kier molecular flexibility index (Phi) is 5.20. The van der Waals surface area contributed by atoms with E-state index in [1.54, 1.807) is 43.3 Å². The summed E-state index contributed by atoms with van der Waals surface area (Å²) in [6, 6.07) is 10.2. The molecule has 1 N–H and O–H groups in total.